The van der Waals surface area contributed by atoms with Crippen LogP contribution >= 0.6 is 10.7 Å². The normalized spacial score (nSPS) is 11.0. The largest absolute Gasteiger partial charge is 0.317 e. The minimum atomic E-state index is -3.46. The molecule has 0 aromatic rings. The van der Waals surface area contributed by atoms with Crippen molar-refractivity contribution in [1.29, 1.82) is 0 Å². The molecule has 1 N–H and O–H groups in total. The molecule has 0 aromatic heterocycles. The van der Waals surface area contributed by atoms with Crippen molar-refractivity contribution in [2.75, 3.05) is 26.2 Å². The number of nitrogens with zero attached hydrogens (tertiary/aromatic N) is 1. The molecule has 6 heteroatoms. The first-order valence-electron chi connectivity index (χ1n) is 4.84. The molecule has 0 rings (SSSR count). The maximum absolute atomic E-state index is 10.5. The smallest absolute Gasteiger partial charge is 0.299 e. The lowest BCUT2D eigenvalue weighted by atomic mass is 10.7. The molecule has 0 fully saturated rings. The van der Waals surface area contributed by atoms with E-state index in [0.29, 0.717) is 13.1 Å². The van der Waals surface area contributed by atoms with Crippen LogP contribution < -0.4 is 5.32 Å². The zero-order valence-corrected chi connectivity index (χ0v) is 11.0. The van der Waals surface area contributed by atoms with Crippen LogP contribution in [0.5, 0.6) is 0 Å². The first-order chi connectivity index (χ1) is 6.43. The highest BCUT2D eigenvalue weighted by molar-refractivity contribution is 8.11. The fourth-order valence-electron chi connectivity index (χ4n) is 0.782. The highest BCUT2D eigenvalue weighted by atomic mass is 35.7. The van der Waals surface area contributed by atoms with E-state index in [1.807, 2.05) is 0 Å². The van der Waals surface area contributed by atoms with Gasteiger partial charge < -0.3 is 5.32 Å². The molecular formula is C8H21ClN2O2S. The van der Waals surface area contributed by atoms with E-state index in [9.17, 15) is 8.42 Å². The highest BCUT2D eigenvalue weighted by Crippen LogP contribution is 2.03. The van der Waals surface area contributed by atoms with Crippen LogP contribution in [0.3, 0.4) is 0 Å². The van der Waals surface area contributed by atoms with Gasteiger partial charge in [-0.05, 0) is 13.1 Å². The van der Waals surface area contributed by atoms with Crippen LogP contribution in [0.2, 0.25) is 0 Å². The van der Waals surface area contributed by atoms with Gasteiger partial charge in [-0.1, -0.05) is 27.7 Å². The minimum absolute atomic E-state index is 0.433. The summed E-state index contributed by atoms with van der Waals surface area (Å²) >= 11 is 0. The number of halogens is 1. The number of nitrogens with one attached hydrogen (secondary N) is 1. The van der Waals surface area contributed by atoms with Crippen molar-refractivity contribution in [3.8, 4) is 0 Å². The molecule has 0 spiro atoms. The lowest BCUT2D eigenvalue weighted by molar-refractivity contribution is 0.457. The summed E-state index contributed by atoms with van der Waals surface area (Å²) in [6.07, 6.45) is 0. The maximum Gasteiger partial charge on any atom is 0.299 e. The molecule has 0 saturated carbocycles. The van der Waals surface area contributed by atoms with Crippen molar-refractivity contribution in [3.05, 3.63) is 0 Å². The Bertz CT molecular complexity index is 201. The SMILES string of the molecule is CCN(CC)S(=O)(=O)Cl.CCNCC. The van der Waals surface area contributed by atoms with E-state index in [0.717, 1.165) is 13.1 Å². The maximum atomic E-state index is 10.5. The van der Waals surface area contributed by atoms with Gasteiger partial charge in [-0.15, -0.1) is 0 Å². The van der Waals surface area contributed by atoms with Crippen LogP contribution in [-0.2, 0) is 9.24 Å². The predicted octanol–water partition coefficient (Wildman–Crippen LogP) is 1.43. The van der Waals surface area contributed by atoms with E-state index in [4.69, 9.17) is 10.7 Å². The molecule has 0 radical (unpaired) electrons. The van der Waals surface area contributed by atoms with Gasteiger partial charge in [-0.25, -0.2) is 0 Å². The summed E-state index contributed by atoms with van der Waals surface area (Å²) in [5, 5.41) is 3.11. The molecule has 0 bridgehead atoms. The fourth-order valence-corrected chi connectivity index (χ4v) is 1.98. The molecule has 0 aliphatic heterocycles. The predicted molar refractivity (Wildman–Crippen MR) is 61.9 cm³/mol. The van der Waals surface area contributed by atoms with Gasteiger partial charge in [0.15, 0.2) is 0 Å². The fraction of sp³-hybridized carbons (Fsp3) is 1.00. The molecule has 0 atom stereocenters. The van der Waals surface area contributed by atoms with Crippen molar-refractivity contribution in [1.82, 2.24) is 9.62 Å². The topological polar surface area (TPSA) is 49.4 Å². The molecule has 14 heavy (non-hydrogen) atoms. The van der Waals surface area contributed by atoms with Crippen LogP contribution in [0.15, 0.2) is 0 Å². The molecule has 0 aliphatic rings. The second-order valence-electron chi connectivity index (χ2n) is 2.48. The Hall–Kier alpha value is 0.160. The van der Waals surface area contributed by atoms with Gasteiger partial charge >= 0.3 is 0 Å². The van der Waals surface area contributed by atoms with Gasteiger partial charge in [0.2, 0.25) is 0 Å². The van der Waals surface area contributed by atoms with Gasteiger partial charge in [0.25, 0.3) is 9.24 Å². The molecule has 0 aromatic carbocycles. The average molecular weight is 245 g/mol. The second-order valence-corrected chi connectivity index (χ2v) is 4.99. The Labute approximate surface area is 92.2 Å². The highest BCUT2D eigenvalue weighted by Gasteiger charge is 2.13. The Morgan fingerprint density at radius 1 is 1.07 bits per heavy atom. The van der Waals surface area contributed by atoms with E-state index in [2.05, 4.69) is 19.2 Å². The van der Waals surface area contributed by atoms with Crippen LogP contribution in [0.4, 0.5) is 0 Å². The number of hydrogen-bond donors (Lipinski definition) is 1. The lowest BCUT2D eigenvalue weighted by Crippen LogP contribution is -2.26. The molecule has 0 saturated heterocycles. The Balaban J connectivity index is 0. The summed E-state index contributed by atoms with van der Waals surface area (Å²) in [4.78, 5) is 0. The molecule has 0 aliphatic carbocycles. The molecular weight excluding hydrogens is 224 g/mol. The molecule has 88 valence electrons. The van der Waals surface area contributed by atoms with E-state index in [1.54, 1.807) is 13.8 Å². The van der Waals surface area contributed by atoms with Crippen LogP contribution in [0.25, 0.3) is 0 Å². The standard InChI is InChI=1S/C4H10ClNO2S.C4H11N/c1-3-6(4-2)9(5,7)8;1-3-5-4-2/h3-4H2,1-2H3;5H,3-4H2,1-2H3. The van der Waals surface area contributed by atoms with Crippen molar-refractivity contribution in [2.45, 2.75) is 27.7 Å². The van der Waals surface area contributed by atoms with Gasteiger partial charge in [-0.3, -0.25) is 0 Å². The Kier molecular flexibility index (Phi) is 11.5. The van der Waals surface area contributed by atoms with E-state index >= 15 is 0 Å². The van der Waals surface area contributed by atoms with E-state index < -0.39 is 9.24 Å². The third-order valence-corrected chi connectivity index (χ3v) is 3.23. The van der Waals surface area contributed by atoms with Crippen LogP contribution in [0, 0.1) is 0 Å². The summed E-state index contributed by atoms with van der Waals surface area (Å²) in [6, 6.07) is 0. The van der Waals surface area contributed by atoms with Crippen molar-refractivity contribution >= 4 is 19.9 Å². The zero-order valence-electron chi connectivity index (χ0n) is 9.38. The van der Waals surface area contributed by atoms with Gasteiger partial charge in [-0.2, -0.15) is 12.7 Å². The molecule has 0 amide bonds. The third kappa shape index (κ3) is 10.2. The Morgan fingerprint density at radius 3 is 1.43 bits per heavy atom. The first-order valence-corrected chi connectivity index (χ1v) is 7.10. The lowest BCUT2D eigenvalue weighted by Gasteiger charge is -2.11. The van der Waals surface area contributed by atoms with Gasteiger partial charge in [0.05, 0.1) is 0 Å². The zero-order chi connectivity index (χ0) is 11.6. The van der Waals surface area contributed by atoms with E-state index in [-0.39, 0.29) is 0 Å². The Morgan fingerprint density at radius 2 is 1.43 bits per heavy atom. The van der Waals surface area contributed by atoms with Crippen LogP contribution in [0.1, 0.15) is 27.7 Å². The minimum Gasteiger partial charge on any atom is -0.317 e. The van der Waals surface area contributed by atoms with Gasteiger partial charge in [0, 0.05) is 23.8 Å². The summed E-state index contributed by atoms with van der Waals surface area (Å²) in [5.74, 6) is 0. The summed E-state index contributed by atoms with van der Waals surface area (Å²) in [7, 11) is 1.54. The number of hydrogen-bond acceptors (Lipinski definition) is 3. The third-order valence-electron chi connectivity index (χ3n) is 1.51. The quantitative estimate of drug-likeness (QED) is 0.745. The molecule has 4 nitrogen and oxygen atoms in total. The molecule has 0 heterocycles. The monoisotopic (exact) mass is 244 g/mol. The van der Waals surface area contributed by atoms with Crippen LogP contribution in [-0.4, -0.2) is 38.9 Å². The summed E-state index contributed by atoms with van der Waals surface area (Å²) < 4.78 is 22.1. The van der Waals surface area contributed by atoms with Crippen molar-refractivity contribution in [2.24, 2.45) is 0 Å². The summed E-state index contributed by atoms with van der Waals surface area (Å²) in [5.41, 5.74) is 0. The van der Waals surface area contributed by atoms with Crippen molar-refractivity contribution < 1.29 is 8.42 Å². The van der Waals surface area contributed by atoms with Gasteiger partial charge in [0.1, 0.15) is 0 Å². The van der Waals surface area contributed by atoms with Crippen molar-refractivity contribution in [3.63, 3.8) is 0 Å². The first kappa shape index (κ1) is 16.6. The summed E-state index contributed by atoms with van der Waals surface area (Å²) in [6.45, 7) is 10.7. The molecule has 0 unspecified atom stereocenters. The second kappa shape index (κ2) is 9.71. The van der Waals surface area contributed by atoms with E-state index in [1.165, 1.54) is 4.31 Å². The number of rotatable bonds is 5. The average Bonchev–Trinajstić information content (AvgIpc) is 2.06.